The molecule has 0 aliphatic rings. The minimum absolute atomic E-state index is 0.0830. The Morgan fingerprint density at radius 2 is 1.74 bits per heavy atom. The quantitative estimate of drug-likeness (QED) is 0.513. The van der Waals surface area contributed by atoms with Gasteiger partial charge in [0.2, 0.25) is 0 Å². The van der Waals surface area contributed by atoms with Crippen LogP contribution in [0.2, 0.25) is 0 Å². The van der Waals surface area contributed by atoms with Gasteiger partial charge in [0.05, 0.1) is 6.21 Å². The van der Waals surface area contributed by atoms with E-state index in [1.54, 1.807) is 24.4 Å². The van der Waals surface area contributed by atoms with Crippen LogP contribution < -0.4 is 11.2 Å². The van der Waals surface area contributed by atoms with Gasteiger partial charge in [0.25, 0.3) is 0 Å². The molecular weight excluding hydrogens is 261 g/mol. The van der Waals surface area contributed by atoms with Crippen molar-refractivity contribution in [3.05, 3.63) is 59.9 Å². The first-order valence-electron chi connectivity index (χ1n) is 5.61. The Hall–Kier alpha value is -2.27. The Morgan fingerprint density at radius 1 is 1.11 bits per heavy atom. The Bertz CT molecular complexity index is 626. The number of nitrogens with one attached hydrogen (secondary N) is 1. The molecule has 0 bridgehead atoms. The van der Waals surface area contributed by atoms with Crippen molar-refractivity contribution in [3.63, 3.8) is 0 Å². The molecule has 0 aromatic heterocycles. The Labute approximate surface area is 115 Å². The zero-order valence-electron chi connectivity index (χ0n) is 10.0. The molecule has 3 N–H and O–H groups in total. The number of hydrogen-bond donors (Lipinski definition) is 2. The van der Waals surface area contributed by atoms with Crippen molar-refractivity contribution in [1.82, 2.24) is 5.43 Å². The summed E-state index contributed by atoms with van der Waals surface area (Å²) < 4.78 is 13.8. The van der Waals surface area contributed by atoms with Gasteiger partial charge in [0.15, 0.2) is 5.11 Å². The van der Waals surface area contributed by atoms with Crippen LogP contribution in [0.1, 0.15) is 5.56 Å². The third-order valence-electron chi connectivity index (χ3n) is 2.50. The fraction of sp³-hybridized carbons (Fsp3) is 0. The summed E-state index contributed by atoms with van der Waals surface area (Å²) in [7, 11) is 0. The standard InChI is InChI=1S/C14H12FN3S/c15-13-8-4-3-7-12(13)11-6-2-1-5-10(11)9-17-18-14(16)19/h1-9H,(H3,16,18,19). The molecule has 0 heterocycles. The lowest BCUT2D eigenvalue weighted by Crippen LogP contribution is -2.24. The van der Waals surface area contributed by atoms with Gasteiger partial charge < -0.3 is 5.73 Å². The van der Waals surface area contributed by atoms with Crippen molar-refractivity contribution in [2.75, 3.05) is 0 Å². The van der Waals surface area contributed by atoms with Crippen molar-refractivity contribution in [1.29, 1.82) is 0 Å². The van der Waals surface area contributed by atoms with E-state index in [4.69, 9.17) is 5.73 Å². The lowest BCUT2D eigenvalue weighted by Gasteiger charge is -2.06. The number of halogens is 1. The maximum absolute atomic E-state index is 13.8. The van der Waals surface area contributed by atoms with E-state index in [0.717, 1.165) is 11.1 Å². The summed E-state index contributed by atoms with van der Waals surface area (Å²) in [5, 5.41) is 3.98. The van der Waals surface area contributed by atoms with Crippen molar-refractivity contribution in [2.45, 2.75) is 0 Å². The highest BCUT2D eigenvalue weighted by molar-refractivity contribution is 7.80. The monoisotopic (exact) mass is 273 g/mol. The molecule has 0 spiro atoms. The highest BCUT2D eigenvalue weighted by Crippen LogP contribution is 2.25. The molecule has 0 amide bonds. The molecule has 5 heteroatoms. The van der Waals surface area contributed by atoms with Gasteiger partial charge in [-0.25, -0.2) is 4.39 Å². The highest BCUT2D eigenvalue weighted by Gasteiger charge is 2.07. The summed E-state index contributed by atoms with van der Waals surface area (Å²) in [6, 6.07) is 14.0. The average Bonchev–Trinajstić information content (AvgIpc) is 2.40. The molecule has 2 aromatic rings. The van der Waals surface area contributed by atoms with E-state index < -0.39 is 0 Å². The van der Waals surface area contributed by atoms with Crippen molar-refractivity contribution in [2.24, 2.45) is 10.8 Å². The smallest absolute Gasteiger partial charge is 0.184 e. The zero-order chi connectivity index (χ0) is 13.7. The number of thiocarbonyl (C=S) groups is 1. The van der Waals surface area contributed by atoms with Crippen LogP contribution in [0.5, 0.6) is 0 Å². The SMILES string of the molecule is NC(=S)NN=Cc1ccccc1-c1ccccc1F. The van der Waals surface area contributed by atoms with Gasteiger partial charge in [-0.3, -0.25) is 5.43 Å². The van der Waals surface area contributed by atoms with E-state index in [9.17, 15) is 4.39 Å². The normalized spacial score (nSPS) is 10.6. The Kier molecular flexibility index (Phi) is 4.20. The summed E-state index contributed by atoms with van der Waals surface area (Å²) in [6.45, 7) is 0. The summed E-state index contributed by atoms with van der Waals surface area (Å²) >= 11 is 4.65. The van der Waals surface area contributed by atoms with Gasteiger partial charge in [0.1, 0.15) is 5.82 Å². The Balaban J connectivity index is 2.39. The lowest BCUT2D eigenvalue weighted by atomic mass is 10.00. The molecular formula is C14H12FN3S. The van der Waals surface area contributed by atoms with E-state index in [1.807, 2.05) is 24.3 Å². The van der Waals surface area contributed by atoms with Crippen molar-refractivity contribution in [3.8, 4) is 11.1 Å². The first kappa shape index (κ1) is 13.2. The molecule has 19 heavy (non-hydrogen) atoms. The number of benzene rings is 2. The van der Waals surface area contributed by atoms with E-state index in [-0.39, 0.29) is 10.9 Å². The van der Waals surface area contributed by atoms with Crippen LogP contribution in [-0.4, -0.2) is 11.3 Å². The van der Waals surface area contributed by atoms with Gasteiger partial charge in [-0.05, 0) is 23.8 Å². The predicted octanol–water partition coefficient (Wildman–Crippen LogP) is 2.66. The van der Waals surface area contributed by atoms with Gasteiger partial charge in [-0.2, -0.15) is 5.10 Å². The molecule has 0 atom stereocenters. The van der Waals surface area contributed by atoms with Gasteiger partial charge >= 0.3 is 0 Å². The fourth-order valence-corrected chi connectivity index (χ4v) is 1.75. The molecule has 0 radical (unpaired) electrons. The van der Waals surface area contributed by atoms with Crippen LogP contribution in [0.15, 0.2) is 53.6 Å². The second-order valence-corrected chi connectivity index (χ2v) is 4.24. The molecule has 0 saturated heterocycles. The number of nitrogens with zero attached hydrogens (tertiary/aromatic N) is 1. The largest absolute Gasteiger partial charge is 0.375 e. The van der Waals surface area contributed by atoms with Crippen LogP contribution in [0.25, 0.3) is 11.1 Å². The van der Waals surface area contributed by atoms with Gasteiger partial charge in [-0.15, -0.1) is 0 Å². The first-order chi connectivity index (χ1) is 9.18. The van der Waals surface area contributed by atoms with Crippen LogP contribution in [0.3, 0.4) is 0 Å². The molecule has 0 saturated carbocycles. The van der Waals surface area contributed by atoms with Gasteiger partial charge in [0, 0.05) is 11.1 Å². The first-order valence-corrected chi connectivity index (χ1v) is 6.02. The number of hydrogen-bond acceptors (Lipinski definition) is 2. The second kappa shape index (κ2) is 6.06. The fourth-order valence-electron chi connectivity index (χ4n) is 1.70. The lowest BCUT2D eigenvalue weighted by molar-refractivity contribution is 0.631. The molecule has 0 unspecified atom stereocenters. The molecule has 3 nitrogen and oxygen atoms in total. The van der Waals surface area contributed by atoms with Crippen LogP contribution in [0, 0.1) is 5.82 Å². The summed E-state index contributed by atoms with van der Waals surface area (Å²) in [4.78, 5) is 0. The summed E-state index contributed by atoms with van der Waals surface area (Å²) in [5.41, 5.74) is 9.81. The van der Waals surface area contributed by atoms with Crippen LogP contribution >= 0.6 is 12.2 Å². The van der Waals surface area contributed by atoms with Crippen molar-refractivity contribution < 1.29 is 4.39 Å². The molecule has 0 fully saturated rings. The molecule has 0 aliphatic heterocycles. The minimum atomic E-state index is -0.273. The molecule has 0 aliphatic carbocycles. The van der Waals surface area contributed by atoms with E-state index in [1.165, 1.54) is 6.07 Å². The minimum Gasteiger partial charge on any atom is -0.375 e. The molecule has 96 valence electrons. The average molecular weight is 273 g/mol. The predicted molar refractivity (Wildman–Crippen MR) is 79.4 cm³/mol. The van der Waals surface area contributed by atoms with Crippen LogP contribution in [-0.2, 0) is 0 Å². The van der Waals surface area contributed by atoms with Crippen LogP contribution in [0.4, 0.5) is 4.39 Å². The molecule has 2 aromatic carbocycles. The zero-order valence-corrected chi connectivity index (χ0v) is 10.8. The topological polar surface area (TPSA) is 50.4 Å². The third-order valence-corrected chi connectivity index (χ3v) is 2.59. The van der Waals surface area contributed by atoms with E-state index >= 15 is 0 Å². The summed E-state index contributed by atoms with van der Waals surface area (Å²) in [5.74, 6) is -0.273. The maximum atomic E-state index is 13.8. The third kappa shape index (κ3) is 3.35. The van der Waals surface area contributed by atoms with Crippen molar-refractivity contribution >= 4 is 23.5 Å². The number of hydrazone groups is 1. The summed E-state index contributed by atoms with van der Waals surface area (Å²) in [6.07, 6.45) is 1.56. The maximum Gasteiger partial charge on any atom is 0.184 e. The number of nitrogens with two attached hydrogens (primary N) is 1. The van der Waals surface area contributed by atoms with E-state index in [0.29, 0.717) is 5.56 Å². The second-order valence-electron chi connectivity index (χ2n) is 3.80. The number of rotatable bonds is 3. The van der Waals surface area contributed by atoms with E-state index in [2.05, 4.69) is 22.7 Å². The van der Waals surface area contributed by atoms with Gasteiger partial charge in [-0.1, -0.05) is 42.5 Å². The Morgan fingerprint density at radius 3 is 2.42 bits per heavy atom. The highest BCUT2D eigenvalue weighted by atomic mass is 32.1. The molecule has 2 rings (SSSR count).